The predicted octanol–water partition coefficient (Wildman–Crippen LogP) is 2.81. The standard InChI is InChI=1S/C21H26N6O/c1-15(18-13-17(10-11-20(18)28-2)27-14-23-25-26-27)24-19-9-6-12-22-21(19)16-7-4-3-5-8-16/h3-5,7-8,10-11,13-15,19,21-22,24H,6,9,12H2,1-2H3. The van der Waals surface area contributed by atoms with Crippen LogP contribution in [0.4, 0.5) is 0 Å². The molecule has 2 heterocycles. The second-order valence-electron chi connectivity index (χ2n) is 7.16. The molecule has 1 aliphatic rings. The fraction of sp³-hybridized carbons (Fsp3) is 0.381. The third kappa shape index (κ3) is 3.90. The summed E-state index contributed by atoms with van der Waals surface area (Å²) in [7, 11) is 1.71. The first-order valence-corrected chi connectivity index (χ1v) is 9.72. The van der Waals surface area contributed by atoms with Gasteiger partial charge in [-0.2, -0.15) is 0 Å². The van der Waals surface area contributed by atoms with Crippen molar-refractivity contribution in [3.8, 4) is 11.4 Å². The van der Waals surface area contributed by atoms with Gasteiger partial charge in [0.15, 0.2) is 0 Å². The van der Waals surface area contributed by atoms with E-state index in [2.05, 4.69) is 69.5 Å². The van der Waals surface area contributed by atoms with Crippen LogP contribution < -0.4 is 15.4 Å². The number of nitrogens with one attached hydrogen (secondary N) is 2. The lowest BCUT2D eigenvalue weighted by atomic mass is 9.91. The molecule has 0 aliphatic carbocycles. The quantitative estimate of drug-likeness (QED) is 0.687. The van der Waals surface area contributed by atoms with E-state index >= 15 is 0 Å². The number of piperidine rings is 1. The number of aromatic nitrogens is 4. The van der Waals surface area contributed by atoms with Gasteiger partial charge in [-0.05, 0) is 60.5 Å². The molecule has 1 saturated heterocycles. The SMILES string of the molecule is COc1ccc(-n2cnnn2)cc1C(C)NC1CCCNC1c1ccccc1. The Kier molecular flexibility index (Phi) is 5.64. The summed E-state index contributed by atoms with van der Waals surface area (Å²) in [5.74, 6) is 0.858. The van der Waals surface area contributed by atoms with Crippen molar-refractivity contribution in [3.63, 3.8) is 0 Å². The monoisotopic (exact) mass is 378 g/mol. The summed E-state index contributed by atoms with van der Waals surface area (Å²) in [6, 6.07) is 17.4. The average molecular weight is 378 g/mol. The number of hydrogen-bond acceptors (Lipinski definition) is 6. The number of nitrogens with zero attached hydrogens (tertiary/aromatic N) is 4. The van der Waals surface area contributed by atoms with Crippen LogP contribution in [-0.2, 0) is 0 Å². The van der Waals surface area contributed by atoms with E-state index in [0.717, 1.165) is 36.4 Å². The van der Waals surface area contributed by atoms with Crippen LogP contribution in [0.15, 0.2) is 54.9 Å². The first kappa shape index (κ1) is 18.6. The number of methoxy groups -OCH3 is 1. The zero-order valence-electron chi connectivity index (χ0n) is 16.2. The Labute approximate surface area is 165 Å². The lowest BCUT2D eigenvalue weighted by Gasteiger charge is -2.36. The Morgan fingerprint density at radius 1 is 1.21 bits per heavy atom. The second kappa shape index (κ2) is 8.50. The maximum atomic E-state index is 5.62. The number of hydrogen-bond donors (Lipinski definition) is 2. The highest BCUT2D eigenvalue weighted by Gasteiger charge is 2.28. The van der Waals surface area contributed by atoms with Gasteiger partial charge in [-0.25, -0.2) is 4.68 Å². The predicted molar refractivity (Wildman–Crippen MR) is 107 cm³/mol. The van der Waals surface area contributed by atoms with Crippen LogP contribution in [0.25, 0.3) is 5.69 Å². The van der Waals surface area contributed by atoms with Gasteiger partial charge in [0.25, 0.3) is 0 Å². The fourth-order valence-corrected chi connectivity index (χ4v) is 3.97. The molecule has 3 aromatic rings. The summed E-state index contributed by atoms with van der Waals surface area (Å²) in [5, 5.41) is 19.0. The maximum absolute atomic E-state index is 5.62. The molecule has 0 saturated carbocycles. The Hall–Kier alpha value is -2.77. The number of rotatable bonds is 6. The molecule has 7 nitrogen and oxygen atoms in total. The van der Waals surface area contributed by atoms with Gasteiger partial charge in [0.05, 0.1) is 12.8 Å². The molecule has 2 aromatic carbocycles. The van der Waals surface area contributed by atoms with Crippen LogP contribution >= 0.6 is 0 Å². The van der Waals surface area contributed by atoms with Crippen molar-refractivity contribution in [1.82, 2.24) is 30.8 Å². The molecule has 0 radical (unpaired) electrons. The van der Waals surface area contributed by atoms with Crippen LogP contribution in [-0.4, -0.2) is 39.9 Å². The van der Waals surface area contributed by atoms with Crippen LogP contribution in [0.5, 0.6) is 5.75 Å². The minimum atomic E-state index is 0.113. The first-order valence-electron chi connectivity index (χ1n) is 9.72. The molecule has 0 amide bonds. The molecule has 4 rings (SSSR count). The van der Waals surface area contributed by atoms with Crippen molar-refractivity contribution >= 4 is 0 Å². The van der Waals surface area contributed by atoms with Gasteiger partial charge in [-0.3, -0.25) is 0 Å². The Bertz CT molecular complexity index is 883. The lowest BCUT2D eigenvalue weighted by molar-refractivity contribution is 0.284. The number of tetrazole rings is 1. The molecule has 1 aliphatic heterocycles. The Morgan fingerprint density at radius 3 is 2.82 bits per heavy atom. The minimum absolute atomic E-state index is 0.113. The highest BCUT2D eigenvalue weighted by atomic mass is 16.5. The Morgan fingerprint density at radius 2 is 2.07 bits per heavy atom. The summed E-state index contributed by atoms with van der Waals surface area (Å²) in [6.45, 7) is 3.22. The molecule has 28 heavy (non-hydrogen) atoms. The van der Waals surface area contributed by atoms with Crippen molar-refractivity contribution in [3.05, 3.63) is 66.0 Å². The van der Waals surface area contributed by atoms with Crippen molar-refractivity contribution in [1.29, 1.82) is 0 Å². The largest absolute Gasteiger partial charge is 0.496 e. The van der Waals surface area contributed by atoms with Gasteiger partial charge >= 0.3 is 0 Å². The molecule has 3 atom stereocenters. The fourth-order valence-electron chi connectivity index (χ4n) is 3.97. The molecule has 3 unspecified atom stereocenters. The zero-order valence-corrected chi connectivity index (χ0v) is 16.2. The highest BCUT2D eigenvalue weighted by Crippen LogP contribution is 2.31. The molecular formula is C21H26N6O. The molecule has 1 fully saturated rings. The highest BCUT2D eigenvalue weighted by molar-refractivity contribution is 5.45. The first-order chi connectivity index (χ1) is 13.8. The zero-order chi connectivity index (χ0) is 19.3. The molecule has 0 bridgehead atoms. The summed E-state index contributed by atoms with van der Waals surface area (Å²) in [6.07, 6.45) is 3.89. The second-order valence-corrected chi connectivity index (χ2v) is 7.16. The van der Waals surface area contributed by atoms with Crippen LogP contribution in [0, 0.1) is 0 Å². The third-order valence-electron chi connectivity index (χ3n) is 5.37. The van der Waals surface area contributed by atoms with Gasteiger partial charge in [0, 0.05) is 23.7 Å². The van der Waals surface area contributed by atoms with Crippen LogP contribution in [0.2, 0.25) is 0 Å². The Balaban J connectivity index is 1.58. The normalized spacial score (nSPS) is 20.6. The van der Waals surface area contributed by atoms with E-state index in [1.54, 1.807) is 18.1 Å². The van der Waals surface area contributed by atoms with Crippen molar-refractivity contribution in [2.75, 3.05) is 13.7 Å². The number of ether oxygens (including phenoxy) is 1. The van der Waals surface area contributed by atoms with E-state index < -0.39 is 0 Å². The smallest absolute Gasteiger partial charge is 0.143 e. The van der Waals surface area contributed by atoms with E-state index in [-0.39, 0.29) is 6.04 Å². The molecule has 2 N–H and O–H groups in total. The molecule has 0 spiro atoms. The molecule has 146 valence electrons. The van der Waals surface area contributed by atoms with Gasteiger partial charge in [0.1, 0.15) is 12.1 Å². The van der Waals surface area contributed by atoms with Gasteiger partial charge in [-0.15, -0.1) is 5.10 Å². The van der Waals surface area contributed by atoms with Crippen LogP contribution in [0.1, 0.15) is 43.0 Å². The summed E-state index contributed by atoms with van der Waals surface area (Å²) in [4.78, 5) is 0. The maximum Gasteiger partial charge on any atom is 0.143 e. The van der Waals surface area contributed by atoms with Crippen LogP contribution in [0.3, 0.4) is 0 Å². The van der Waals surface area contributed by atoms with Gasteiger partial charge in [0.2, 0.25) is 0 Å². The summed E-state index contributed by atoms with van der Waals surface area (Å²) < 4.78 is 7.28. The lowest BCUT2D eigenvalue weighted by Crippen LogP contribution is -2.46. The van der Waals surface area contributed by atoms with E-state index in [1.807, 2.05) is 12.1 Å². The summed E-state index contributed by atoms with van der Waals surface area (Å²) in [5.41, 5.74) is 3.32. The van der Waals surface area contributed by atoms with E-state index in [9.17, 15) is 0 Å². The van der Waals surface area contributed by atoms with Crippen molar-refractivity contribution in [2.24, 2.45) is 0 Å². The van der Waals surface area contributed by atoms with E-state index in [1.165, 1.54) is 5.56 Å². The summed E-state index contributed by atoms with van der Waals surface area (Å²) >= 11 is 0. The van der Waals surface area contributed by atoms with Crippen molar-refractivity contribution < 1.29 is 4.74 Å². The van der Waals surface area contributed by atoms with Gasteiger partial charge in [-0.1, -0.05) is 30.3 Å². The number of benzene rings is 2. The molecule has 7 heteroatoms. The molecular weight excluding hydrogens is 352 g/mol. The minimum Gasteiger partial charge on any atom is -0.496 e. The topological polar surface area (TPSA) is 76.9 Å². The van der Waals surface area contributed by atoms with Gasteiger partial charge < -0.3 is 15.4 Å². The molecule has 1 aromatic heterocycles. The van der Waals surface area contributed by atoms with E-state index in [0.29, 0.717) is 12.1 Å². The van der Waals surface area contributed by atoms with Crippen molar-refractivity contribution in [2.45, 2.75) is 37.9 Å². The average Bonchev–Trinajstić information content (AvgIpc) is 3.29. The third-order valence-corrected chi connectivity index (χ3v) is 5.37. The van der Waals surface area contributed by atoms with E-state index in [4.69, 9.17) is 4.74 Å².